The SMILES string of the molecule is CS(=O)(=O)c1cnc2ccc3ncccc3c2c1. The molecule has 2 aromatic heterocycles. The van der Waals surface area contributed by atoms with Gasteiger partial charge in [-0.25, -0.2) is 8.42 Å². The third-order valence-corrected chi connectivity index (χ3v) is 3.93. The highest BCUT2D eigenvalue weighted by molar-refractivity contribution is 7.90. The fraction of sp³-hybridized carbons (Fsp3) is 0.0769. The van der Waals surface area contributed by atoms with Crippen molar-refractivity contribution in [2.45, 2.75) is 4.90 Å². The van der Waals surface area contributed by atoms with Crippen LogP contribution in [0.25, 0.3) is 21.8 Å². The van der Waals surface area contributed by atoms with Gasteiger partial charge < -0.3 is 0 Å². The van der Waals surface area contributed by atoms with Gasteiger partial charge in [0.2, 0.25) is 0 Å². The summed E-state index contributed by atoms with van der Waals surface area (Å²) in [5, 5.41) is 1.72. The summed E-state index contributed by atoms with van der Waals surface area (Å²) in [6, 6.07) is 9.12. The number of nitrogens with zero attached hydrogens (tertiary/aromatic N) is 2. The van der Waals surface area contributed by atoms with Gasteiger partial charge in [0.25, 0.3) is 0 Å². The van der Waals surface area contributed by atoms with Crippen LogP contribution in [0.4, 0.5) is 0 Å². The number of fused-ring (bicyclic) bond motifs is 3. The molecule has 0 unspecified atom stereocenters. The number of benzene rings is 1. The Morgan fingerprint density at radius 2 is 1.72 bits per heavy atom. The fourth-order valence-electron chi connectivity index (χ4n) is 1.94. The van der Waals surface area contributed by atoms with Crippen molar-refractivity contribution in [3.8, 4) is 0 Å². The molecule has 2 heterocycles. The Morgan fingerprint density at radius 1 is 1.00 bits per heavy atom. The topological polar surface area (TPSA) is 59.9 Å². The van der Waals surface area contributed by atoms with E-state index in [1.54, 1.807) is 12.3 Å². The Kier molecular flexibility index (Phi) is 2.31. The lowest BCUT2D eigenvalue weighted by Crippen LogP contribution is -1.98. The second-order valence-electron chi connectivity index (χ2n) is 4.15. The van der Waals surface area contributed by atoms with Crippen molar-refractivity contribution in [1.29, 1.82) is 0 Å². The lowest BCUT2D eigenvalue weighted by molar-refractivity contribution is 0.601. The molecule has 0 N–H and O–H groups in total. The van der Waals surface area contributed by atoms with Crippen LogP contribution in [0, 0.1) is 0 Å². The van der Waals surface area contributed by atoms with Crippen LogP contribution in [0.1, 0.15) is 0 Å². The molecule has 1 aromatic carbocycles. The first kappa shape index (κ1) is 11.1. The highest BCUT2D eigenvalue weighted by Crippen LogP contribution is 2.24. The zero-order valence-electron chi connectivity index (χ0n) is 9.66. The summed E-state index contributed by atoms with van der Waals surface area (Å²) in [4.78, 5) is 8.66. The lowest BCUT2D eigenvalue weighted by atomic mass is 10.1. The molecule has 0 spiro atoms. The van der Waals surface area contributed by atoms with Crippen molar-refractivity contribution in [3.05, 3.63) is 42.7 Å². The monoisotopic (exact) mass is 258 g/mol. The van der Waals surface area contributed by atoms with Crippen molar-refractivity contribution >= 4 is 31.6 Å². The molecule has 0 fully saturated rings. The Bertz CT molecular complexity index is 857. The van der Waals surface area contributed by atoms with Crippen LogP contribution in [0.2, 0.25) is 0 Å². The maximum Gasteiger partial charge on any atom is 0.177 e. The third-order valence-electron chi connectivity index (χ3n) is 2.85. The van der Waals surface area contributed by atoms with Gasteiger partial charge >= 0.3 is 0 Å². The molecule has 0 radical (unpaired) electrons. The van der Waals surface area contributed by atoms with Gasteiger partial charge in [-0.3, -0.25) is 9.97 Å². The van der Waals surface area contributed by atoms with Crippen LogP contribution in [0.15, 0.2) is 47.6 Å². The summed E-state index contributed by atoms with van der Waals surface area (Å²) in [6.45, 7) is 0. The van der Waals surface area contributed by atoms with Crippen LogP contribution in [0.3, 0.4) is 0 Å². The molecule has 0 atom stereocenters. The van der Waals surface area contributed by atoms with E-state index in [2.05, 4.69) is 9.97 Å². The second kappa shape index (κ2) is 3.74. The first-order chi connectivity index (χ1) is 8.55. The highest BCUT2D eigenvalue weighted by atomic mass is 32.2. The average molecular weight is 258 g/mol. The second-order valence-corrected chi connectivity index (χ2v) is 6.16. The first-order valence-electron chi connectivity index (χ1n) is 5.39. The third kappa shape index (κ3) is 1.73. The molecule has 3 rings (SSSR count). The molecule has 0 saturated carbocycles. The predicted octanol–water partition coefficient (Wildman–Crippen LogP) is 2.19. The number of pyridine rings is 2. The Hall–Kier alpha value is -2.01. The van der Waals surface area contributed by atoms with Gasteiger partial charge in [-0.05, 0) is 24.3 Å². The largest absolute Gasteiger partial charge is 0.256 e. The van der Waals surface area contributed by atoms with Gasteiger partial charge in [0.1, 0.15) is 0 Å². The van der Waals surface area contributed by atoms with Gasteiger partial charge in [-0.15, -0.1) is 0 Å². The maximum atomic E-state index is 11.6. The van der Waals surface area contributed by atoms with Crippen LogP contribution < -0.4 is 0 Å². The minimum atomic E-state index is -3.25. The molecule has 0 saturated heterocycles. The minimum absolute atomic E-state index is 0.228. The summed E-state index contributed by atoms with van der Waals surface area (Å²) in [5.74, 6) is 0. The number of hydrogen-bond donors (Lipinski definition) is 0. The zero-order valence-corrected chi connectivity index (χ0v) is 10.5. The zero-order chi connectivity index (χ0) is 12.8. The summed E-state index contributed by atoms with van der Waals surface area (Å²) >= 11 is 0. The van der Waals surface area contributed by atoms with E-state index < -0.39 is 9.84 Å². The van der Waals surface area contributed by atoms with Gasteiger partial charge in [0, 0.05) is 29.4 Å². The van der Waals surface area contributed by atoms with E-state index in [1.165, 1.54) is 12.5 Å². The van der Waals surface area contributed by atoms with Crippen molar-refractivity contribution in [3.63, 3.8) is 0 Å². The molecule has 3 aromatic rings. The number of rotatable bonds is 1. The molecule has 0 aliphatic carbocycles. The summed E-state index contributed by atoms with van der Waals surface area (Å²) in [5.41, 5.74) is 1.60. The van der Waals surface area contributed by atoms with E-state index in [4.69, 9.17) is 0 Å². The van der Waals surface area contributed by atoms with Crippen LogP contribution in [-0.4, -0.2) is 24.6 Å². The minimum Gasteiger partial charge on any atom is -0.256 e. The predicted molar refractivity (Wildman–Crippen MR) is 70.2 cm³/mol. The molecule has 0 bridgehead atoms. The molecule has 5 heteroatoms. The van der Waals surface area contributed by atoms with E-state index in [0.29, 0.717) is 0 Å². The number of sulfone groups is 1. The molecule has 0 aliphatic rings. The van der Waals surface area contributed by atoms with Crippen molar-refractivity contribution in [2.75, 3.05) is 6.26 Å². The Labute approximate surface area is 104 Å². The van der Waals surface area contributed by atoms with E-state index in [-0.39, 0.29) is 4.90 Å². The van der Waals surface area contributed by atoms with Gasteiger partial charge in [0.05, 0.1) is 15.9 Å². The Morgan fingerprint density at radius 3 is 2.44 bits per heavy atom. The molecule has 90 valence electrons. The van der Waals surface area contributed by atoms with Gasteiger partial charge in [-0.1, -0.05) is 6.07 Å². The van der Waals surface area contributed by atoms with Crippen LogP contribution in [-0.2, 0) is 9.84 Å². The highest BCUT2D eigenvalue weighted by Gasteiger charge is 2.10. The molecule has 18 heavy (non-hydrogen) atoms. The maximum absolute atomic E-state index is 11.6. The molecular weight excluding hydrogens is 248 g/mol. The van der Waals surface area contributed by atoms with E-state index in [9.17, 15) is 8.42 Å². The molecule has 0 amide bonds. The molecular formula is C13H10N2O2S. The Balaban J connectivity index is 2.48. The van der Waals surface area contributed by atoms with Gasteiger partial charge in [-0.2, -0.15) is 0 Å². The summed E-state index contributed by atoms with van der Waals surface area (Å²) < 4.78 is 23.1. The standard InChI is InChI=1S/C13H10N2O2S/c1-18(16,17)9-7-11-10-3-2-6-14-12(10)4-5-13(11)15-8-9/h2-8H,1H3. The lowest BCUT2D eigenvalue weighted by Gasteiger charge is -2.04. The average Bonchev–Trinajstić information content (AvgIpc) is 2.37. The summed E-state index contributed by atoms with van der Waals surface area (Å²) in [6.07, 6.45) is 4.28. The van der Waals surface area contributed by atoms with E-state index in [1.807, 2.05) is 24.3 Å². The smallest absolute Gasteiger partial charge is 0.177 e. The first-order valence-corrected chi connectivity index (χ1v) is 7.28. The van der Waals surface area contributed by atoms with Crippen molar-refractivity contribution in [2.24, 2.45) is 0 Å². The van der Waals surface area contributed by atoms with Crippen LogP contribution >= 0.6 is 0 Å². The quantitative estimate of drug-likeness (QED) is 0.628. The number of hydrogen-bond acceptors (Lipinski definition) is 4. The van der Waals surface area contributed by atoms with Gasteiger partial charge in [0.15, 0.2) is 9.84 Å². The summed E-state index contributed by atoms with van der Waals surface area (Å²) in [7, 11) is -3.25. The fourth-order valence-corrected chi connectivity index (χ4v) is 2.52. The van der Waals surface area contributed by atoms with Crippen molar-refractivity contribution < 1.29 is 8.42 Å². The van der Waals surface area contributed by atoms with E-state index >= 15 is 0 Å². The van der Waals surface area contributed by atoms with Crippen molar-refractivity contribution in [1.82, 2.24) is 9.97 Å². The molecule has 0 aliphatic heterocycles. The van der Waals surface area contributed by atoms with E-state index in [0.717, 1.165) is 21.8 Å². The number of aromatic nitrogens is 2. The molecule has 4 nitrogen and oxygen atoms in total. The normalized spacial score (nSPS) is 12.1. The van der Waals surface area contributed by atoms with Crippen LogP contribution in [0.5, 0.6) is 0 Å².